The number of rotatable bonds is 2. The summed E-state index contributed by atoms with van der Waals surface area (Å²) >= 11 is 6.46. The Bertz CT molecular complexity index is 1600. The minimum absolute atomic E-state index is 0.139. The van der Waals surface area contributed by atoms with Crippen LogP contribution in [-0.2, 0) is 12.0 Å². The van der Waals surface area contributed by atoms with Gasteiger partial charge >= 0.3 is 5.63 Å². The van der Waals surface area contributed by atoms with Gasteiger partial charge in [-0.15, -0.1) is 0 Å². The first kappa shape index (κ1) is 19.6. The fourth-order valence-corrected chi connectivity index (χ4v) is 4.24. The van der Waals surface area contributed by atoms with Gasteiger partial charge in [-0.1, -0.05) is 50.6 Å². The summed E-state index contributed by atoms with van der Waals surface area (Å²) in [5.74, 6) is 0.520. The van der Waals surface area contributed by atoms with Crippen molar-refractivity contribution in [1.29, 1.82) is 0 Å². The fourth-order valence-electron chi connectivity index (χ4n) is 3.96. The monoisotopic (exact) mass is 433 g/mol. The Morgan fingerprint density at radius 3 is 2.48 bits per heavy atom. The first-order valence-corrected chi connectivity index (χ1v) is 10.3. The molecule has 0 amide bonds. The Balaban J connectivity index is 1.87. The van der Waals surface area contributed by atoms with Gasteiger partial charge in [0.1, 0.15) is 5.58 Å². The van der Waals surface area contributed by atoms with Crippen LogP contribution < -0.4 is 11.2 Å². The minimum atomic E-state index is -0.453. The van der Waals surface area contributed by atoms with Crippen molar-refractivity contribution >= 4 is 39.4 Å². The van der Waals surface area contributed by atoms with Crippen LogP contribution in [0, 0.1) is 0 Å². The van der Waals surface area contributed by atoms with E-state index in [4.69, 9.17) is 21.0 Å². The number of aromatic nitrogens is 3. The number of hydrogen-bond acceptors (Lipinski definition) is 4. The summed E-state index contributed by atoms with van der Waals surface area (Å²) in [7, 11) is 0. The van der Waals surface area contributed by atoms with E-state index in [0.717, 1.165) is 11.0 Å². The van der Waals surface area contributed by atoms with Crippen LogP contribution in [0.1, 0.15) is 32.0 Å². The molecule has 31 heavy (non-hydrogen) atoms. The molecule has 0 spiro atoms. The maximum absolute atomic E-state index is 13.1. The zero-order chi connectivity index (χ0) is 21.9. The molecule has 0 saturated heterocycles. The van der Waals surface area contributed by atoms with Gasteiger partial charge in [0.05, 0.1) is 28.3 Å². The molecule has 0 radical (unpaired) electrons. The molecule has 5 rings (SSSR count). The Hall–Kier alpha value is -3.38. The maximum atomic E-state index is 13.1. The van der Waals surface area contributed by atoms with Crippen LogP contribution in [0.5, 0.6) is 0 Å². The molecule has 0 N–H and O–H groups in total. The average molecular weight is 434 g/mol. The van der Waals surface area contributed by atoms with E-state index in [2.05, 4.69) is 0 Å². The van der Waals surface area contributed by atoms with Crippen LogP contribution >= 0.6 is 11.6 Å². The summed E-state index contributed by atoms with van der Waals surface area (Å²) in [4.78, 5) is 30.1. The molecule has 5 aromatic rings. The highest BCUT2D eigenvalue weighted by atomic mass is 35.5. The van der Waals surface area contributed by atoms with Crippen LogP contribution in [0.15, 0.2) is 68.6 Å². The highest BCUT2D eigenvalue weighted by Gasteiger charge is 2.21. The second-order valence-electron chi connectivity index (χ2n) is 8.64. The van der Waals surface area contributed by atoms with Crippen molar-refractivity contribution in [3.8, 4) is 0 Å². The first-order valence-electron chi connectivity index (χ1n) is 9.97. The topological polar surface area (TPSA) is 69.5 Å². The molecule has 3 heterocycles. The van der Waals surface area contributed by atoms with E-state index in [1.165, 1.54) is 6.07 Å². The number of halogens is 1. The van der Waals surface area contributed by atoms with Crippen LogP contribution in [0.25, 0.3) is 27.8 Å². The van der Waals surface area contributed by atoms with Crippen molar-refractivity contribution in [3.63, 3.8) is 0 Å². The molecule has 0 saturated carbocycles. The van der Waals surface area contributed by atoms with Crippen molar-refractivity contribution in [2.24, 2.45) is 0 Å². The van der Waals surface area contributed by atoms with Gasteiger partial charge in [-0.3, -0.25) is 4.79 Å². The average Bonchev–Trinajstić information content (AvgIpc) is 3.01. The predicted molar refractivity (Wildman–Crippen MR) is 122 cm³/mol. The zero-order valence-corrected chi connectivity index (χ0v) is 18.1. The van der Waals surface area contributed by atoms with Gasteiger partial charge in [-0.2, -0.15) is 0 Å². The number of para-hydroxylation sites is 2. The van der Waals surface area contributed by atoms with Gasteiger partial charge < -0.3 is 8.98 Å². The standard InChI is InChI=1S/C24H20ClN3O3/c1-24(2,3)19-12-20(29)28-17-9-5-4-8-16(17)27(23(28)26-19)13-14-11-21(30)31-18-10-6-7-15(25)22(14)18/h4-12H,13H2,1-3H3. The van der Waals surface area contributed by atoms with Crippen LogP contribution in [-0.4, -0.2) is 14.0 Å². The molecule has 7 heteroatoms. The molecule has 0 fully saturated rings. The number of nitrogens with zero attached hydrogens (tertiary/aromatic N) is 3. The van der Waals surface area contributed by atoms with E-state index in [1.54, 1.807) is 28.7 Å². The van der Waals surface area contributed by atoms with Crippen molar-refractivity contribution in [2.75, 3.05) is 0 Å². The molecule has 2 aromatic carbocycles. The third-order valence-corrected chi connectivity index (χ3v) is 5.77. The van der Waals surface area contributed by atoms with Crippen molar-refractivity contribution in [3.05, 3.63) is 91.7 Å². The molecular formula is C24H20ClN3O3. The third-order valence-electron chi connectivity index (χ3n) is 5.45. The smallest absolute Gasteiger partial charge is 0.336 e. The summed E-state index contributed by atoms with van der Waals surface area (Å²) in [5, 5.41) is 1.17. The molecule has 0 atom stereocenters. The van der Waals surface area contributed by atoms with E-state index < -0.39 is 5.63 Å². The highest BCUT2D eigenvalue weighted by molar-refractivity contribution is 6.35. The van der Waals surface area contributed by atoms with E-state index in [9.17, 15) is 9.59 Å². The van der Waals surface area contributed by atoms with E-state index in [-0.39, 0.29) is 11.0 Å². The summed E-state index contributed by atoms with van der Waals surface area (Å²) in [5.41, 5.74) is 2.55. The quantitative estimate of drug-likeness (QED) is 0.376. The van der Waals surface area contributed by atoms with Crippen molar-refractivity contribution in [1.82, 2.24) is 14.0 Å². The van der Waals surface area contributed by atoms with Gasteiger partial charge in [0, 0.05) is 22.9 Å². The Morgan fingerprint density at radius 1 is 1.00 bits per heavy atom. The Kier molecular flexibility index (Phi) is 4.31. The largest absolute Gasteiger partial charge is 0.423 e. The molecule has 0 aliphatic carbocycles. The lowest BCUT2D eigenvalue weighted by Gasteiger charge is -2.17. The van der Waals surface area contributed by atoms with Gasteiger partial charge in [-0.25, -0.2) is 14.2 Å². The molecule has 3 aromatic heterocycles. The zero-order valence-electron chi connectivity index (χ0n) is 17.3. The highest BCUT2D eigenvalue weighted by Crippen LogP contribution is 2.29. The second kappa shape index (κ2) is 6.82. The van der Waals surface area contributed by atoms with E-state index >= 15 is 0 Å². The van der Waals surface area contributed by atoms with Crippen molar-refractivity contribution < 1.29 is 4.42 Å². The molecular weight excluding hydrogens is 414 g/mol. The maximum Gasteiger partial charge on any atom is 0.336 e. The Labute approximate surface area is 182 Å². The second-order valence-corrected chi connectivity index (χ2v) is 9.05. The molecule has 0 aliphatic rings. The summed E-state index contributed by atoms with van der Waals surface area (Å²) in [6.45, 7) is 6.37. The van der Waals surface area contributed by atoms with E-state index in [1.807, 2.05) is 49.6 Å². The van der Waals surface area contributed by atoms with Crippen LogP contribution in [0.2, 0.25) is 5.02 Å². The van der Waals surface area contributed by atoms with Crippen LogP contribution in [0.4, 0.5) is 0 Å². The first-order chi connectivity index (χ1) is 14.7. The lowest BCUT2D eigenvalue weighted by atomic mass is 9.92. The number of hydrogen-bond donors (Lipinski definition) is 0. The molecule has 6 nitrogen and oxygen atoms in total. The lowest BCUT2D eigenvalue weighted by molar-refractivity contribution is 0.557. The summed E-state index contributed by atoms with van der Waals surface area (Å²) in [6, 6.07) is 15.9. The summed E-state index contributed by atoms with van der Waals surface area (Å²) < 4.78 is 8.90. The number of benzene rings is 2. The van der Waals surface area contributed by atoms with Crippen LogP contribution in [0.3, 0.4) is 0 Å². The van der Waals surface area contributed by atoms with Gasteiger partial charge in [0.25, 0.3) is 5.56 Å². The lowest BCUT2D eigenvalue weighted by Crippen LogP contribution is -2.22. The normalized spacial score (nSPS) is 12.3. The van der Waals surface area contributed by atoms with Gasteiger partial charge in [0.2, 0.25) is 5.78 Å². The summed E-state index contributed by atoms with van der Waals surface area (Å²) in [6.07, 6.45) is 0. The number of fused-ring (bicyclic) bond motifs is 4. The SMILES string of the molecule is CC(C)(C)c1cc(=O)n2c3ccccc3n(Cc3cc(=O)oc4cccc(Cl)c34)c2n1. The van der Waals surface area contributed by atoms with E-state index in [0.29, 0.717) is 39.6 Å². The van der Waals surface area contributed by atoms with Gasteiger partial charge in [0.15, 0.2) is 0 Å². The molecule has 0 unspecified atom stereocenters. The fraction of sp³-hybridized carbons (Fsp3) is 0.208. The molecule has 0 bridgehead atoms. The van der Waals surface area contributed by atoms with Crippen molar-refractivity contribution in [2.45, 2.75) is 32.7 Å². The Morgan fingerprint density at radius 2 is 1.74 bits per heavy atom. The third kappa shape index (κ3) is 3.15. The molecule has 156 valence electrons. The van der Waals surface area contributed by atoms with Gasteiger partial charge in [-0.05, 0) is 29.8 Å². The number of imidazole rings is 1. The molecule has 0 aliphatic heterocycles. The minimum Gasteiger partial charge on any atom is -0.423 e. The predicted octanol–water partition coefficient (Wildman–Crippen LogP) is 4.75.